The number of aryl methyl sites for hydroxylation is 2. The minimum Gasteiger partial charge on any atom is -0.480 e. The van der Waals surface area contributed by atoms with Gasteiger partial charge in [-0.25, -0.2) is 9.59 Å². The number of rotatable bonds is 7. The van der Waals surface area contributed by atoms with Crippen LogP contribution in [-0.4, -0.2) is 29.1 Å². The molecule has 38 heavy (non-hydrogen) atoms. The summed E-state index contributed by atoms with van der Waals surface area (Å²) in [5.74, 6) is -1.59. The summed E-state index contributed by atoms with van der Waals surface area (Å²) in [4.78, 5) is 38.9. The quantitative estimate of drug-likeness (QED) is 0.276. The number of urea groups is 1. The van der Waals surface area contributed by atoms with Crippen LogP contribution in [0.25, 0.3) is 16.8 Å². The normalized spacial score (nSPS) is 15.3. The Morgan fingerprint density at radius 2 is 1.55 bits per heavy atom. The van der Waals surface area contributed by atoms with E-state index in [2.05, 4.69) is 22.5 Å². The maximum atomic E-state index is 13.6. The number of aliphatic carboxylic acids is 1. The van der Waals surface area contributed by atoms with E-state index in [-0.39, 0.29) is 5.56 Å². The van der Waals surface area contributed by atoms with Crippen LogP contribution >= 0.6 is 0 Å². The Bertz CT molecular complexity index is 1380. The molecule has 0 bridgehead atoms. The van der Waals surface area contributed by atoms with E-state index >= 15 is 0 Å². The molecule has 3 amide bonds. The lowest BCUT2D eigenvalue weighted by Crippen LogP contribution is -2.52. The largest absolute Gasteiger partial charge is 0.480 e. The fourth-order valence-electron chi connectivity index (χ4n) is 5.50. The van der Waals surface area contributed by atoms with Gasteiger partial charge >= 0.3 is 12.0 Å². The molecule has 7 heteroatoms. The second-order valence-electron chi connectivity index (χ2n) is 10.5. The van der Waals surface area contributed by atoms with Gasteiger partial charge in [0.1, 0.15) is 6.04 Å². The van der Waals surface area contributed by atoms with Crippen molar-refractivity contribution in [3.8, 4) is 0 Å². The third kappa shape index (κ3) is 5.72. The second kappa shape index (κ2) is 11.1. The zero-order chi connectivity index (χ0) is 27.4. The van der Waals surface area contributed by atoms with Gasteiger partial charge in [-0.3, -0.25) is 4.79 Å². The molecule has 1 aliphatic carbocycles. The Kier molecular flexibility index (Phi) is 7.86. The van der Waals surface area contributed by atoms with Crippen LogP contribution < -0.4 is 16.0 Å². The number of carboxylic acids is 1. The zero-order valence-corrected chi connectivity index (χ0v) is 22.2. The number of hydrogen-bond donors (Lipinski definition) is 4. The Hall–Kier alpha value is -4.13. The number of anilines is 2. The maximum absolute atomic E-state index is 13.6. The smallest absolute Gasteiger partial charge is 0.326 e. The number of carboxylic acid groups (broad SMARTS) is 1. The van der Waals surface area contributed by atoms with Crippen molar-refractivity contribution in [2.45, 2.75) is 58.9 Å². The van der Waals surface area contributed by atoms with Crippen LogP contribution in [0.5, 0.6) is 0 Å². The van der Waals surface area contributed by atoms with E-state index < -0.39 is 29.4 Å². The van der Waals surface area contributed by atoms with Crippen LogP contribution in [0.4, 0.5) is 16.2 Å². The first-order valence-corrected chi connectivity index (χ1v) is 13.0. The fraction of sp³-hybridized carbons (Fsp3) is 0.323. The fourth-order valence-corrected chi connectivity index (χ4v) is 5.50. The van der Waals surface area contributed by atoms with E-state index in [4.69, 9.17) is 0 Å². The summed E-state index contributed by atoms with van der Waals surface area (Å²) >= 11 is 0. The first-order chi connectivity index (χ1) is 18.1. The van der Waals surface area contributed by atoms with E-state index in [0.717, 1.165) is 59.6 Å². The number of fused-ring (bicyclic) bond motifs is 1. The molecular weight excluding hydrogens is 478 g/mol. The third-order valence-electron chi connectivity index (χ3n) is 7.62. The van der Waals surface area contributed by atoms with Crippen molar-refractivity contribution in [1.82, 2.24) is 5.32 Å². The van der Waals surface area contributed by atoms with Gasteiger partial charge in [0, 0.05) is 5.69 Å². The summed E-state index contributed by atoms with van der Waals surface area (Å²) in [6.45, 7) is 9.54. The van der Waals surface area contributed by atoms with Gasteiger partial charge in [-0.05, 0) is 83.8 Å². The van der Waals surface area contributed by atoms with Crippen molar-refractivity contribution in [2.75, 3.05) is 10.6 Å². The van der Waals surface area contributed by atoms with E-state index in [0.29, 0.717) is 11.4 Å². The lowest BCUT2D eigenvalue weighted by atomic mass is 9.70. The van der Waals surface area contributed by atoms with Crippen LogP contribution in [0.2, 0.25) is 0 Å². The van der Waals surface area contributed by atoms with Gasteiger partial charge in [-0.2, -0.15) is 0 Å². The summed E-state index contributed by atoms with van der Waals surface area (Å²) in [6, 6.07) is 13.3. The Labute approximate surface area is 223 Å². The molecule has 0 spiro atoms. The molecule has 0 aromatic heterocycles. The molecule has 0 heterocycles. The molecule has 3 aromatic rings. The number of amides is 3. The highest BCUT2D eigenvalue weighted by molar-refractivity contribution is 6.10. The SMILES string of the molecule is C=Cc1cc(C)c(NC(=O)Nc2cc3ccccc3cc2C(=O)N[C@H](C(=O)O)C2(C)CCCCC2)c(C)c1. The second-order valence-corrected chi connectivity index (χ2v) is 10.5. The topological polar surface area (TPSA) is 108 Å². The number of carbonyl (C=O) groups excluding carboxylic acids is 2. The van der Waals surface area contributed by atoms with Crippen molar-refractivity contribution in [3.63, 3.8) is 0 Å². The van der Waals surface area contributed by atoms with Crippen molar-refractivity contribution < 1.29 is 19.5 Å². The molecule has 4 rings (SSSR count). The van der Waals surface area contributed by atoms with Crippen molar-refractivity contribution in [3.05, 3.63) is 77.4 Å². The molecule has 0 radical (unpaired) electrons. The van der Waals surface area contributed by atoms with Gasteiger partial charge < -0.3 is 21.1 Å². The van der Waals surface area contributed by atoms with E-state index in [1.165, 1.54) is 0 Å². The third-order valence-corrected chi connectivity index (χ3v) is 7.62. The number of nitrogens with one attached hydrogen (secondary N) is 3. The molecule has 1 fully saturated rings. The molecule has 4 N–H and O–H groups in total. The maximum Gasteiger partial charge on any atom is 0.326 e. The van der Waals surface area contributed by atoms with Crippen LogP contribution in [0, 0.1) is 19.3 Å². The minimum absolute atomic E-state index is 0.208. The van der Waals surface area contributed by atoms with Crippen LogP contribution in [-0.2, 0) is 4.79 Å². The molecule has 0 aliphatic heterocycles. The Morgan fingerprint density at radius 1 is 0.947 bits per heavy atom. The monoisotopic (exact) mass is 513 g/mol. The molecule has 1 aliphatic rings. The summed E-state index contributed by atoms with van der Waals surface area (Å²) < 4.78 is 0. The van der Waals surface area contributed by atoms with Crippen LogP contribution in [0.3, 0.4) is 0 Å². The molecule has 3 aromatic carbocycles. The minimum atomic E-state index is -1.05. The first kappa shape index (κ1) is 26.9. The Morgan fingerprint density at radius 3 is 2.13 bits per heavy atom. The highest BCUT2D eigenvalue weighted by atomic mass is 16.4. The molecule has 198 valence electrons. The van der Waals surface area contributed by atoms with Gasteiger partial charge in [-0.15, -0.1) is 0 Å². The molecule has 1 saturated carbocycles. The molecule has 1 atom stereocenters. The van der Waals surface area contributed by atoms with Gasteiger partial charge in [0.05, 0.1) is 11.3 Å². The van der Waals surface area contributed by atoms with Crippen molar-refractivity contribution in [2.24, 2.45) is 5.41 Å². The summed E-state index contributed by atoms with van der Waals surface area (Å²) in [7, 11) is 0. The summed E-state index contributed by atoms with van der Waals surface area (Å²) in [5.41, 5.74) is 3.38. The number of carbonyl (C=O) groups is 3. The first-order valence-electron chi connectivity index (χ1n) is 13.0. The summed E-state index contributed by atoms with van der Waals surface area (Å²) in [6.07, 6.45) is 6.16. The van der Waals surface area contributed by atoms with Crippen LogP contribution in [0.15, 0.2) is 55.1 Å². The molecular formula is C31H35N3O4. The highest BCUT2D eigenvalue weighted by Gasteiger charge is 2.41. The van der Waals surface area contributed by atoms with Gasteiger partial charge in [0.15, 0.2) is 0 Å². The lowest BCUT2D eigenvalue weighted by Gasteiger charge is -2.38. The standard InChI is InChI=1S/C31H35N3O4/c1-5-21-15-19(2)26(20(3)16-21)33-30(38)32-25-18-23-12-8-7-11-22(23)17-24(25)28(35)34-27(29(36)37)31(4)13-9-6-10-14-31/h5,7-8,11-12,15-18,27H,1,6,9-10,13-14H2,2-4H3,(H,34,35)(H,36,37)(H2,32,33,38)/t27-/m1/s1. The van der Waals surface area contributed by atoms with Gasteiger partial charge in [-0.1, -0.05) is 63.1 Å². The lowest BCUT2D eigenvalue weighted by molar-refractivity contribution is -0.143. The average Bonchev–Trinajstić information content (AvgIpc) is 2.88. The van der Waals surface area contributed by atoms with E-state index in [1.807, 2.05) is 57.2 Å². The van der Waals surface area contributed by atoms with Gasteiger partial charge in [0.25, 0.3) is 5.91 Å². The van der Waals surface area contributed by atoms with E-state index in [1.54, 1.807) is 18.2 Å². The Balaban J connectivity index is 1.65. The predicted octanol–water partition coefficient (Wildman–Crippen LogP) is 6.90. The van der Waals surface area contributed by atoms with Crippen LogP contribution in [0.1, 0.15) is 66.1 Å². The molecule has 0 unspecified atom stereocenters. The average molecular weight is 514 g/mol. The summed E-state index contributed by atoms with van der Waals surface area (Å²) in [5, 5.41) is 20.2. The van der Waals surface area contributed by atoms with Crippen molar-refractivity contribution >= 4 is 46.1 Å². The van der Waals surface area contributed by atoms with E-state index in [9.17, 15) is 19.5 Å². The predicted molar refractivity (Wildman–Crippen MR) is 153 cm³/mol. The molecule has 7 nitrogen and oxygen atoms in total. The number of hydrogen-bond acceptors (Lipinski definition) is 3. The highest BCUT2D eigenvalue weighted by Crippen LogP contribution is 2.39. The zero-order valence-electron chi connectivity index (χ0n) is 22.2. The molecule has 0 saturated heterocycles. The van der Waals surface area contributed by atoms with Crippen molar-refractivity contribution in [1.29, 1.82) is 0 Å². The number of benzene rings is 3. The van der Waals surface area contributed by atoms with Gasteiger partial charge in [0.2, 0.25) is 0 Å².